The number of carbonyl (C=O) groups excluding carboxylic acids is 2. The molecule has 2 atom stereocenters. The predicted molar refractivity (Wildman–Crippen MR) is 72.8 cm³/mol. The van der Waals surface area contributed by atoms with Crippen molar-refractivity contribution in [2.24, 2.45) is 5.73 Å². The first-order valence-electron chi connectivity index (χ1n) is 6.18. The van der Waals surface area contributed by atoms with Crippen LogP contribution >= 0.6 is 0 Å². The summed E-state index contributed by atoms with van der Waals surface area (Å²) in [6.45, 7) is 8.43. The van der Waals surface area contributed by atoms with Gasteiger partial charge < -0.3 is 20.9 Å². The van der Waals surface area contributed by atoms with Crippen molar-refractivity contribution < 1.29 is 24.2 Å². The fourth-order valence-electron chi connectivity index (χ4n) is 1.32. The highest BCUT2D eigenvalue weighted by atomic mass is 16.6. The zero-order valence-electron chi connectivity index (χ0n) is 12.0. The Kier molecular flexibility index (Phi) is 6.92. The van der Waals surface area contributed by atoms with Crippen molar-refractivity contribution in [3.63, 3.8) is 0 Å². The molecule has 0 aliphatic heterocycles. The summed E-state index contributed by atoms with van der Waals surface area (Å²) in [5, 5.41) is 11.2. The van der Waals surface area contributed by atoms with Crippen molar-refractivity contribution in [2.75, 3.05) is 0 Å². The number of hydrogen-bond acceptors (Lipinski definition) is 5. The molecule has 0 spiro atoms. The minimum Gasteiger partial charge on any atom is -0.480 e. The van der Waals surface area contributed by atoms with Crippen molar-refractivity contribution in [1.82, 2.24) is 5.32 Å². The number of nitrogens with one attached hydrogen (secondary N) is 1. The predicted octanol–water partition coefficient (Wildman–Crippen LogP) is 0.191. The Morgan fingerprint density at radius 3 is 2.35 bits per heavy atom. The first-order valence-corrected chi connectivity index (χ1v) is 6.18. The van der Waals surface area contributed by atoms with E-state index in [1.54, 1.807) is 20.8 Å². The van der Waals surface area contributed by atoms with Crippen molar-refractivity contribution in [1.29, 1.82) is 0 Å². The van der Waals surface area contributed by atoms with E-state index in [1.165, 1.54) is 6.08 Å². The second-order valence-electron chi connectivity index (χ2n) is 5.32. The summed E-state index contributed by atoms with van der Waals surface area (Å²) in [5.41, 5.74) is 4.80. The fraction of sp³-hybridized carbons (Fsp3) is 0.615. The lowest BCUT2D eigenvalue weighted by molar-refractivity contribution is -0.158. The molecule has 0 fully saturated rings. The number of carbonyl (C=O) groups is 3. The molecular weight excluding hydrogens is 264 g/mol. The van der Waals surface area contributed by atoms with Gasteiger partial charge in [-0.05, 0) is 27.2 Å². The Bertz CT molecular complexity index is 387. The first-order chi connectivity index (χ1) is 9.06. The molecule has 0 aliphatic rings. The summed E-state index contributed by atoms with van der Waals surface area (Å²) >= 11 is 0. The highest BCUT2D eigenvalue weighted by molar-refractivity contribution is 5.89. The monoisotopic (exact) mass is 286 g/mol. The van der Waals surface area contributed by atoms with E-state index in [9.17, 15) is 14.4 Å². The van der Waals surface area contributed by atoms with Gasteiger partial charge in [-0.15, -0.1) is 6.58 Å². The smallest absolute Gasteiger partial charge is 0.326 e. The molecule has 0 aromatic carbocycles. The Balaban J connectivity index is 4.59. The topological polar surface area (TPSA) is 119 Å². The number of aliphatic carboxylic acids is 1. The Morgan fingerprint density at radius 1 is 1.40 bits per heavy atom. The molecule has 20 heavy (non-hydrogen) atoms. The molecule has 0 aromatic rings. The van der Waals surface area contributed by atoms with Crippen LogP contribution in [0.5, 0.6) is 0 Å². The number of carboxylic acid groups (broad SMARTS) is 1. The minimum absolute atomic E-state index is 0.213. The molecule has 4 N–H and O–H groups in total. The molecule has 0 bridgehead atoms. The Morgan fingerprint density at radius 2 is 1.95 bits per heavy atom. The summed E-state index contributed by atoms with van der Waals surface area (Å²) < 4.78 is 5.01. The van der Waals surface area contributed by atoms with Gasteiger partial charge in [-0.3, -0.25) is 9.59 Å². The lowest BCUT2D eigenvalue weighted by atomic mass is 10.1. The normalized spacial score (nSPS) is 14.0. The molecule has 114 valence electrons. The van der Waals surface area contributed by atoms with Gasteiger partial charge in [0, 0.05) is 0 Å². The van der Waals surface area contributed by atoms with Gasteiger partial charge in [-0.1, -0.05) is 6.08 Å². The van der Waals surface area contributed by atoms with Gasteiger partial charge in [0.1, 0.15) is 11.6 Å². The highest BCUT2D eigenvalue weighted by Crippen LogP contribution is 2.09. The largest absolute Gasteiger partial charge is 0.480 e. The van der Waals surface area contributed by atoms with Crippen LogP contribution in [0.4, 0.5) is 0 Å². The van der Waals surface area contributed by atoms with Crippen molar-refractivity contribution >= 4 is 17.8 Å². The summed E-state index contributed by atoms with van der Waals surface area (Å²) in [6.07, 6.45) is 1.21. The number of esters is 1. The van der Waals surface area contributed by atoms with Crippen LogP contribution in [0.1, 0.15) is 33.6 Å². The maximum absolute atomic E-state index is 11.6. The molecule has 0 rings (SSSR count). The lowest BCUT2D eigenvalue weighted by Crippen LogP contribution is -2.49. The van der Waals surface area contributed by atoms with E-state index in [0.717, 1.165) is 0 Å². The van der Waals surface area contributed by atoms with Gasteiger partial charge in [0.25, 0.3) is 0 Å². The van der Waals surface area contributed by atoms with Crippen molar-refractivity contribution in [3.05, 3.63) is 12.7 Å². The SMILES string of the molecule is C=CCC(N)C(=O)N[C@@H](CC(=O)OC(C)(C)C)C(=O)O. The number of ether oxygens (including phenoxy) is 1. The zero-order chi connectivity index (χ0) is 15.9. The summed E-state index contributed by atoms with van der Waals surface area (Å²) in [7, 11) is 0. The molecule has 1 unspecified atom stereocenters. The van der Waals surface area contributed by atoms with E-state index < -0.39 is 42.0 Å². The van der Waals surface area contributed by atoms with Gasteiger partial charge in [-0.2, -0.15) is 0 Å². The van der Waals surface area contributed by atoms with Gasteiger partial charge in [0.15, 0.2) is 0 Å². The molecule has 7 nitrogen and oxygen atoms in total. The fourth-order valence-corrected chi connectivity index (χ4v) is 1.32. The van der Waals surface area contributed by atoms with Crippen LogP contribution in [0.3, 0.4) is 0 Å². The van der Waals surface area contributed by atoms with E-state index in [2.05, 4.69) is 11.9 Å². The molecule has 0 saturated heterocycles. The summed E-state index contributed by atoms with van der Waals surface area (Å²) in [5.74, 6) is -2.68. The number of nitrogens with two attached hydrogens (primary N) is 1. The summed E-state index contributed by atoms with van der Waals surface area (Å²) in [6, 6.07) is -2.26. The standard InChI is InChI=1S/C13H22N2O5/c1-5-6-8(14)11(17)15-9(12(18)19)7-10(16)20-13(2,3)4/h5,8-9H,1,6-7,14H2,2-4H3,(H,15,17)(H,18,19)/t8?,9-/m0/s1. The molecule has 0 radical (unpaired) electrons. The quantitative estimate of drug-likeness (QED) is 0.454. The highest BCUT2D eigenvalue weighted by Gasteiger charge is 2.27. The molecule has 1 amide bonds. The van der Waals surface area contributed by atoms with Crippen molar-refractivity contribution in [3.8, 4) is 0 Å². The van der Waals surface area contributed by atoms with Crippen LogP contribution < -0.4 is 11.1 Å². The molecular formula is C13H22N2O5. The van der Waals surface area contributed by atoms with Crippen LogP contribution in [0, 0.1) is 0 Å². The molecule has 7 heteroatoms. The zero-order valence-corrected chi connectivity index (χ0v) is 12.0. The molecule has 0 aromatic heterocycles. The average molecular weight is 286 g/mol. The molecule has 0 heterocycles. The van der Waals surface area contributed by atoms with E-state index in [1.807, 2.05) is 0 Å². The van der Waals surface area contributed by atoms with E-state index >= 15 is 0 Å². The van der Waals surface area contributed by atoms with E-state index in [4.69, 9.17) is 15.6 Å². The Labute approximate surface area is 118 Å². The maximum Gasteiger partial charge on any atom is 0.326 e. The van der Waals surface area contributed by atoms with E-state index in [0.29, 0.717) is 0 Å². The third kappa shape index (κ3) is 7.52. The van der Waals surface area contributed by atoms with Crippen LogP contribution in [0.15, 0.2) is 12.7 Å². The van der Waals surface area contributed by atoms with Crippen LogP contribution in [0.25, 0.3) is 0 Å². The third-order valence-electron chi connectivity index (χ3n) is 2.16. The molecule has 0 aliphatic carbocycles. The Hall–Kier alpha value is -1.89. The van der Waals surface area contributed by atoms with Crippen LogP contribution in [0.2, 0.25) is 0 Å². The first kappa shape index (κ1) is 18.1. The number of carboxylic acids is 1. The van der Waals surface area contributed by atoms with Gasteiger partial charge in [-0.25, -0.2) is 4.79 Å². The molecule has 0 saturated carbocycles. The van der Waals surface area contributed by atoms with Crippen LogP contribution in [-0.4, -0.2) is 40.6 Å². The van der Waals surface area contributed by atoms with Crippen LogP contribution in [-0.2, 0) is 19.1 Å². The van der Waals surface area contributed by atoms with Crippen molar-refractivity contribution in [2.45, 2.75) is 51.3 Å². The number of amides is 1. The maximum atomic E-state index is 11.6. The van der Waals surface area contributed by atoms with Gasteiger partial charge >= 0.3 is 11.9 Å². The van der Waals surface area contributed by atoms with Gasteiger partial charge in [0.2, 0.25) is 5.91 Å². The minimum atomic E-state index is -1.37. The third-order valence-corrected chi connectivity index (χ3v) is 2.16. The second-order valence-corrected chi connectivity index (χ2v) is 5.32. The number of hydrogen-bond donors (Lipinski definition) is 3. The van der Waals surface area contributed by atoms with Gasteiger partial charge in [0.05, 0.1) is 12.5 Å². The second kappa shape index (κ2) is 7.64. The average Bonchev–Trinajstić information content (AvgIpc) is 2.25. The van der Waals surface area contributed by atoms with E-state index in [-0.39, 0.29) is 6.42 Å². The summed E-state index contributed by atoms with van der Waals surface area (Å²) in [4.78, 5) is 34.2. The lowest BCUT2D eigenvalue weighted by Gasteiger charge is -2.22. The number of rotatable bonds is 7.